The summed E-state index contributed by atoms with van der Waals surface area (Å²) in [5.74, 6) is -0.560. The molecule has 0 spiro atoms. The number of hydrogen-bond acceptors (Lipinski definition) is 4. The largest absolute Gasteiger partial charge is 0.351 e. The molecule has 2 heterocycles. The van der Waals surface area contributed by atoms with Gasteiger partial charge in [0.2, 0.25) is 5.91 Å². The Morgan fingerprint density at radius 1 is 1.42 bits per heavy atom. The number of carbonyl (C=O) groups excluding carboxylic acids is 2. The van der Waals surface area contributed by atoms with Crippen molar-refractivity contribution >= 4 is 39.1 Å². The van der Waals surface area contributed by atoms with Crippen LogP contribution < -0.4 is 5.32 Å². The molecule has 1 N–H and O–H groups in total. The molecule has 1 aromatic carbocycles. The van der Waals surface area contributed by atoms with Gasteiger partial charge in [-0.2, -0.15) is 0 Å². The van der Waals surface area contributed by atoms with Gasteiger partial charge in [0.1, 0.15) is 5.82 Å². The average Bonchev–Trinajstić information content (AvgIpc) is 3.18. The Labute approximate surface area is 163 Å². The molecule has 2 amide bonds. The second-order valence-corrected chi connectivity index (χ2v) is 7.96. The van der Waals surface area contributed by atoms with Crippen LogP contribution in [0.1, 0.15) is 40.5 Å². The number of likely N-dealkylation sites (tertiary alicyclic amines) is 1. The number of benzene rings is 1. The van der Waals surface area contributed by atoms with E-state index in [9.17, 15) is 14.0 Å². The molecule has 1 unspecified atom stereocenters. The number of hydrogen-bond donors (Lipinski definition) is 1. The molecule has 1 fully saturated rings. The van der Waals surface area contributed by atoms with Gasteiger partial charge in [0.05, 0.1) is 10.6 Å². The van der Waals surface area contributed by atoms with Gasteiger partial charge in [-0.3, -0.25) is 9.59 Å². The van der Waals surface area contributed by atoms with Crippen molar-refractivity contribution in [1.29, 1.82) is 0 Å². The number of nitrogens with one attached hydrogen (secondary N) is 1. The quantitative estimate of drug-likeness (QED) is 0.774. The minimum atomic E-state index is -0.476. The number of carbonyl (C=O) groups is 2. The first-order valence-corrected chi connectivity index (χ1v) is 10.1. The summed E-state index contributed by atoms with van der Waals surface area (Å²) in [5.41, 5.74) is 0.222. The van der Waals surface area contributed by atoms with Crippen LogP contribution in [0, 0.1) is 5.82 Å². The van der Waals surface area contributed by atoms with Gasteiger partial charge in [0.15, 0.2) is 0 Å². The van der Waals surface area contributed by atoms with Crippen LogP contribution in [0.25, 0.3) is 0 Å². The lowest BCUT2D eigenvalue weighted by molar-refractivity contribution is -0.132. The van der Waals surface area contributed by atoms with E-state index in [-0.39, 0.29) is 24.4 Å². The molecule has 0 aliphatic carbocycles. The number of nitrogens with zero attached hydrogens (tertiary/aromatic N) is 2. The van der Waals surface area contributed by atoms with Crippen molar-refractivity contribution in [3.05, 3.63) is 50.6 Å². The van der Waals surface area contributed by atoms with Crippen LogP contribution in [-0.2, 0) is 4.79 Å². The standard InChI is InChI=1S/C18H19BrFN3O2S/c19-15-4-3-13(20)10-14(15)17(25)21-6-5-16(24)23-8-1-2-12(11-23)18-22-7-9-26-18/h3-4,7,9-10,12H,1-2,5-6,8,11H2,(H,21,25). The molecule has 1 atom stereocenters. The molecule has 1 saturated heterocycles. The maximum atomic E-state index is 13.3. The summed E-state index contributed by atoms with van der Waals surface area (Å²) in [6.45, 7) is 1.64. The molecule has 2 aromatic rings. The SMILES string of the molecule is O=C(NCCC(=O)N1CCCC(c2nccs2)C1)c1cc(F)ccc1Br. The molecular formula is C18H19BrFN3O2S. The van der Waals surface area contributed by atoms with E-state index >= 15 is 0 Å². The molecule has 3 rings (SSSR count). The minimum Gasteiger partial charge on any atom is -0.351 e. The van der Waals surface area contributed by atoms with E-state index < -0.39 is 11.7 Å². The van der Waals surface area contributed by atoms with Crippen molar-refractivity contribution in [2.75, 3.05) is 19.6 Å². The predicted molar refractivity (Wildman–Crippen MR) is 102 cm³/mol. The molecule has 138 valence electrons. The van der Waals surface area contributed by atoms with Gasteiger partial charge in [0, 0.05) is 48.0 Å². The van der Waals surface area contributed by atoms with Crippen LogP contribution in [-0.4, -0.2) is 41.3 Å². The first-order valence-electron chi connectivity index (χ1n) is 8.45. The van der Waals surface area contributed by atoms with E-state index in [0.29, 0.717) is 16.9 Å². The molecule has 5 nitrogen and oxygen atoms in total. The highest BCUT2D eigenvalue weighted by molar-refractivity contribution is 9.10. The van der Waals surface area contributed by atoms with Crippen molar-refractivity contribution in [1.82, 2.24) is 15.2 Å². The van der Waals surface area contributed by atoms with Gasteiger partial charge in [0.25, 0.3) is 5.91 Å². The summed E-state index contributed by atoms with van der Waals surface area (Å²) < 4.78 is 13.8. The lowest BCUT2D eigenvalue weighted by Crippen LogP contribution is -2.40. The van der Waals surface area contributed by atoms with Crippen molar-refractivity contribution in [3.8, 4) is 0 Å². The molecule has 26 heavy (non-hydrogen) atoms. The molecule has 0 bridgehead atoms. The smallest absolute Gasteiger partial charge is 0.252 e. The predicted octanol–water partition coefficient (Wildman–Crippen LogP) is 3.57. The Hall–Kier alpha value is -1.80. The third-order valence-electron chi connectivity index (χ3n) is 4.37. The highest BCUT2D eigenvalue weighted by atomic mass is 79.9. The van der Waals surface area contributed by atoms with Crippen LogP contribution in [0.4, 0.5) is 4.39 Å². The number of piperidine rings is 1. The van der Waals surface area contributed by atoms with Gasteiger partial charge >= 0.3 is 0 Å². The summed E-state index contributed by atoms with van der Waals surface area (Å²) in [7, 11) is 0. The Kier molecular flexibility index (Phi) is 6.37. The maximum absolute atomic E-state index is 13.3. The van der Waals surface area contributed by atoms with E-state index in [4.69, 9.17) is 0 Å². The first kappa shape index (κ1) is 19.0. The number of amides is 2. The lowest BCUT2D eigenvalue weighted by Gasteiger charge is -2.32. The summed E-state index contributed by atoms with van der Waals surface area (Å²) in [5, 5.41) is 5.71. The van der Waals surface area contributed by atoms with Crippen molar-refractivity contribution in [3.63, 3.8) is 0 Å². The Morgan fingerprint density at radius 2 is 2.27 bits per heavy atom. The zero-order valence-electron chi connectivity index (χ0n) is 14.1. The van der Waals surface area contributed by atoms with Crippen LogP contribution in [0.2, 0.25) is 0 Å². The van der Waals surface area contributed by atoms with Crippen molar-refractivity contribution in [2.24, 2.45) is 0 Å². The number of thiazole rings is 1. The topological polar surface area (TPSA) is 62.3 Å². The summed E-state index contributed by atoms with van der Waals surface area (Å²) in [6.07, 6.45) is 4.02. The lowest BCUT2D eigenvalue weighted by atomic mass is 9.98. The van der Waals surface area contributed by atoms with Gasteiger partial charge in [-0.1, -0.05) is 0 Å². The third-order valence-corrected chi connectivity index (χ3v) is 6.00. The van der Waals surface area contributed by atoms with Crippen LogP contribution in [0.3, 0.4) is 0 Å². The Balaban J connectivity index is 1.49. The molecule has 1 aliphatic heterocycles. The fourth-order valence-corrected chi connectivity index (χ4v) is 4.24. The number of aromatic nitrogens is 1. The molecule has 8 heteroatoms. The fourth-order valence-electron chi connectivity index (χ4n) is 3.05. The van der Waals surface area contributed by atoms with E-state index in [1.807, 2.05) is 10.3 Å². The Morgan fingerprint density at radius 3 is 3.04 bits per heavy atom. The summed E-state index contributed by atoms with van der Waals surface area (Å²) >= 11 is 4.86. The number of halogens is 2. The highest BCUT2D eigenvalue weighted by Gasteiger charge is 2.26. The first-order chi connectivity index (χ1) is 12.5. The van der Waals surface area contributed by atoms with E-state index in [1.54, 1.807) is 17.5 Å². The molecule has 1 aromatic heterocycles. The molecule has 0 saturated carbocycles. The van der Waals surface area contributed by atoms with Crippen LogP contribution >= 0.6 is 27.3 Å². The zero-order chi connectivity index (χ0) is 18.5. The van der Waals surface area contributed by atoms with E-state index in [2.05, 4.69) is 26.2 Å². The van der Waals surface area contributed by atoms with E-state index in [1.165, 1.54) is 18.2 Å². The second-order valence-electron chi connectivity index (χ2n) is 6.18. The zero-order valence-corrected chi connectivity index (χ0v) is 16.5. The van der Waals surface area contributed by atoms with Crippen molar-refractivity contribution < 1.29 is 14.0 Å². The van der Waals surface area contributed by atoms with Gasteiger partial charge in [-0.15, -0.1) is 11.3 Å². The Bertz CT molecular complexity index is 785. The normalized spacial score (nSPS) is 17.2. The van der Waals surface area contributed by atoms with Crippen LogP contribution in [0.15, 0.2) is 34.2 Å². The van der Waals surface area contributed by atoms with Gasteiger partial charge in [-0.25, -0.2) is 9.37 Å². The van der Waals surface area contributed by atoms with Crippen molar-refractivity contribution in [2.45, 2.75) is 25.2 Å². The maximum Gasteiger partial charge on any atom is 0.252 e. The highest BCUT2D eigenvalue weighted by Crippen LogP contribution is 2.28. The van der Waals surface area contributed by atoms with Gasteiger partial charge in [-0.05, 0) is 47.0 Å². The van der Waals surface area contributed by atoms with Gasteiger partial charge < -0.3 is 10.2 Å². The second kappa shape index (κ2) is 8.73. The fraction of sp³-hybridized carbons (Fsp3) is 0.389. The summed E-state index contributed by atoms with van der Waals surface area (Å²) in [6, 6.07) is 3.94. The molecular weight excluding hydrogens is 421 g/mol. The summed E-state index contributed by atoms with van der Waals surface area (Å²) in [4.78, 5) is 30.8. The average molecular weight is 440 g/mol. The minimum absolute atomic E-state index is 0.0184. The van der Waals surface area contributed by atoms with Crippen LogP contribution in [0.5, 0.6) is 0 Å². The molecule has 0 radical (unpaired) electrons. The molecule has 1 aliphatic rings. The third kappa shape index (κ3) is 4.67. The monoisotopic (exact) mass is 439 g/mol. The number of rotatable bonds is 5. The van der Waals surface area contributed by atoms with E-state index in [0.717, 1.165) is 24.4 Å².